The third kappa shape index (κ3) is 4.61. The molecule has 1 aromatic rings. The monoisotopic (exact) mass is 296 g/mol. The third-order valence-corrected chi connectivity index (χ3v) is 4.46. The smallest absolute Gasteiger partial charge is 0.305 e. The Morgan fingerprint density at radius 2 is 2.40 bits per heavy atom. The molecule has 2 unspecified atom stereocenters. The van der Waals surface area contributed by atoms with Gasteiger partial charge in [-0.2, -0.15) is 0 Å². The van der Waals surface area contributed by atoms with Crippen LogP contribution in [0.15, 0.2) is 17.5 Å². The van der Waals surface area contributed by atoms with E-state index in [-0.39, 0.29) is 12.3 Å². The predicted octanol–water partition coefficient (Wildman–Crippen LogP) is 1.77. The molecule has 5 nitrogen and oxygen atoms in total. The zero-order chi connectivity index (χ0) is 14.4. The second kappa shape index (κ2) is 7.40. The molecule has 0 aromatic carbocycles. The van der Waals surface area contributed by atoms with Crippen LogP contribution in [0.3, 0.4) is 0 Å². The van der Waals surface area contributed by atoms with Gasteiger partial charge in [0.15, 0.2) is 0 Å². The van der Waals surface area contributed by atoms with Gasteiger partial charge in [0, 0.05) is 11.3 Å². The molecule has 2 heterocycles. The molecule has 0 spiro atoms. The van der Waals surface area contributed by atoms with Crippen molar-refractivity contribution in [2.75, 3.05) is 13.1 Å². The summed E-state index contributed by atoms with van der Waals surface area (Å²) in [6, 6.07) is 3.31. The molecule has 1 aromatic heterocycles. The highest BCUT2D eigenvalue weighted by atomic mass is 32.1. The van der Waals surface area contributed by atoms with E-state index in [0.29, 0.717) is 12.3 Å². The van der Waals surface area contributed by atoms with Crippen molar-refractivity contribution in [3.05, 3.63) is 22.4 Å². The van der Waals surface area contributed by atoms with Gasteiger partial charge in [-0.05, 0) is 43.3 Å². The summed E-state index contributed by atoms with van der Waals surface area (Å²) < 4.78 is 0. The van der Waals surface area contributed by atoms with Crippen molar-refractivity contribution in [3.63, 3.8) is 0 Å². The Balaban J connectivity index is 1.89. The molecule has 0 saturated carbocycles. The first kappa shape index (κ1) is 15.0. The summed E-state index contributed by atoms with van der Waals surface area (Å²) in [4.78, 5) is 23.9. The lowest BCUT2D eigenvalue weighted by molar-refractivity contribution is -0.137. The number of hydrogen-bond donors (Lipinski definition) is 3. The van der Waals surface area contributed by atoms with Gasteiger partial charge in [-0.25, -0.2) is 0 Å². The Morgan fingerprint density at radius 3 is 3.00 bits per heavy atom. The van der Waals surface area contributed by atoms with Gasteiger partial charge >= 0.3 is 5.97 Å². The van der Waals surface area contributed by atoms with Gasteiger partial charge < -0.3 is 15.7 Å². The van der Waals surface area contributed by atoms with E-state index in [9.17, 15) is 9.59 Å². The highest BCUT2D eigenvalue weighted by Crippen LogP contribution is 2.23. The highest BCUT2D eigenvalue weighted by Gasteiger charge is 2.22. The minimum Gasteiger partial charge on any atom is -0.481 e. The van der Waals surface area contributed by atoms with E-state index >= 15 is 0 Å². The topological polar surface area (TPSA) is 78.4 Å². The fourth-order valence-corrected chi connectivity index (χ4v) is 3.28. The Kier molecular flexibility index (Phi) is 5.55. The number of rotatable bonds is 6. The Bertz CT molecular complexity index is 441. The standard InChI is InChI=1S/C14H20N2O3S/c17-13(7-10-3-1-5-15-9-10)16-11(8-14(18)19)12-4-2-6-20-12/h2,4,6,10-11,15H,1,3,5,7-9H2,(H,16,17)(H,18,19). The molecule has 2 atom stereocenters. The number of nitrogens with one attached hydrogen (secondary N) is 2. The van der Waals surface area contributed by atoms with E-state index in [4.69, 9.17) is 5.11 Å². The van der Waals surface area contributed by atoms with Crippen LogP contribution < -0.4 is 10.6 Å². The molecule has 0 radical (unpaired) electrons. The van der Waals surface area contributed by atoms with Crippen molar-refractivity contribution in [3.8, 4) is 0 Å². The van der Waals surface area contributed by atoms with E-state index in [0.717, 1.165) is 30.8 Å². The minimum atomic E-state index is -0.900. The van der Waals surface area contributed by atoms with Crippen LogP contribution in [0.4, 0.5) is 0 Å². The van der Waals surface area contributed by atoms with Crippen LogP contribution >= 0.6 is 11.3 Å². The second-order valence-corrected chi connectivity index (χ2v) is 6.13. The van der Waals surface area contributed by atoms with Crippen LogP contribution in [0.5, 0.6) is 0 Å². The molecule has 1 amide bonds. The van der Waals surface area contributed by atoms with Crippen molar-refractivity contribution >= 4 is 23.2 Å². The average Bonchev–Trinajstić information content (AvgIpc) is 2.92. The van der Waals surface area contributed by atoms with Crippen LogP contribution in [0.25, 0.3) is 0 Å². The number of amides is 1. The van der Waals surface area contributed by atoms with Crippen LogP contribution in [0.2, 0.25) is 0 Å². The van der Waals surface area contributed by atoms with Crippen LogP contribution in [-0.4, -0.2) is 30.1 Å². The number of hydrogen-bond acceptors (Lipinski definition) is 4. The Morgan fingerprint density at radius 1 is 1.55 bits per heavy atom. The van der Waals surface area contributed by atoms with Gasteiger partial charge in [-0.15, -0.1) is 11.3 Å². The molecule has 20 heavy (non-hydrogen) atoms. The third-order valence-electron chi connectivity index (χ3n) is 3.47. The van der Waals surface area contributed by atoms with E-state index in [1.807, 2.05) is 17.5 Å². The van der Waals surface area contributed by atoms with Crippen molar-refractivity contribution in [1.82, 2.24) is 10.6 Å². The minimum absolute atomic E-state index is 0.0571. The van der Waals surface area contributed by atoms with Gasteiger partial charge in [0.05, 0.1) is 12.5 Å². The van der Waals surface area contributed by atoms with Crippen LogP contribution in [0.1, 0.15) is 36.6 Å². The Labute approximate surface area is 122 Å². The van der Waals surface area contributed by atoms with Crippen molar-refractivity contribution < 1.29 is 14.7 Å². The van der Waals surface area contributed by atoms with E-state index in [1.54, 1.807) is 0 Å². The number of carbonyl (C=O) groups is 2. The summed E-state index contributed by atoms with van der Waals surface area (Å²) in [6.45, 7) is 1.89. The van der Waals surface area contributed by atoms with Crippen molar-refractivity contribution in [1.29, 1.82) is 0 Å². The SMILES string of the molecule is O=C(O)CC(NC(=O)CC1CCCNC1)c1cccs1. The fourth-order valence-electron chi connectivity index (χ4n) is 2.50. The number of thiophene rings is 1. The number of carbonyl (C=O) groups excluding carboxylic acids is 1. The number of carboxylic acid groups (broad SMARTS) is 1. The number of piperidine rings is 1. The molecule has 2 rings (SSSR count). The molecular weight excluding hydrogens is 276 g/mol. The first-order valence-electron chi connectivity index (χ1n) is 6.90. The van der Waals surface area contributed by atoms with E-state index < -0.39 is 12.0 Å². The summed E-state index contributed by atoms with van der Waals surface area (Å²) in [7, 11) is 0. The molecule has 0 aliphatic carbocycles. The normalized spacial score (nSPS) is 20.3. The maximum absolute atomic E-state index is 12.1. The maximum Gasteiger partial charge on any atom is 0.305 e. The molecule has 1 fully saturated rings. The summed E-state index contributed by atoms with van der Waals surface area (Å²) in [5.41, 5.74) is 0. The van der Waals surface area contributed by atoms with Gasteiger partial charge in [0.1, 0.15) is 0 Å². The zero-order valence-electron chi connectivity index (χ0n) is 11.3. The lowest BCUT2D eigenvalue weighted by Crippen LogP contribution is -2.35. The number of carboxylic acids is 1. The molecule has 0 bridgehead atoms. The molecule has 6 heteroatoms. The summed E-state index contributed by atoms with van der Waals surface area (Å²) in [5.74, 6) is -0.598. The molecule has 1 aliphatic heterocycles. The van der Waals surface area contributed by atoms with Crippen LogP contribution in [-0.2, 0) is 9.59 Å². The highest BCUT2D eigenvalue weighted by molar-refractivity contribution is 7.10. The zero-order valence-corrected chi connectivity index (χ0v) is 12.1. The molecule has 3 N–H and O–H groups in total. The lowest BCUT2D eigenvalue weighted by atomic mass is 9.95. The van der Waals surface area contributed by atoms with Gasteiger partial charge in [0.25, 0.3) is 0 Å². The molecule has 1 saturated heterocycles. The van der Waals surface area contributed by atoms with Crippen molar-refractivity contribution in [2.24, 2.45) is 5.92 Å². The summed E-state index contributed by atoms with van der Waals surface area (Å²) in [6.07, 6.45) is 2.55. The molecular formula is C14H20N2O3S. The summed E-state index contributed by atoms with van der Waals surface area (Å²) in [5, 5.41) is 17.0. The summed E-state index contributed by atoms with van der Waals surface area (Å²) >= 11 is 1.47. The van der Waals surface area contributed by atoms with Gasteiger partial charge in [-0.1, -0.05) is 6.07 Å². The van der Waals surface area contributed by atoms with E-state index in [1.165, 1.54) is 11.3 Å². The van der Waals surface area contributed by atoms with Crippen molar-refractivity contribution in [2.45, 2.75) is 31.7 Å². The first-order valence-corrected chi connectivity index (χ1v) is 7.78. The molecule has 110 valence electrons. The number of aliphatic carboxylic acids is 1. The Hall–Kier alpha value is -1.40. The van der Waals surface area contributed by atoms with Crippen LogP contribution in [0, 0.1) is 5.92 Å². The van der Waals surface area contributed by atoms with Gasteiger partial charge in [0.2, 0.25) is 5.91 Å². The van der Waals surface area contributed by atoms with Gasteiger partial charge in [-0.3, -0.25) is 9.59 Å². The first-order chi connectivity index (χ1) is 9.65. The lowest BCUT2D eigenvalue weighted by Gasteiger charge is -2.23. The quantitative estimate of drug-likeness (QED) is 0.747. The molecule has 1 aliphatic rings. The van der Waals surface area contributed by atoms with E-state index in [2.05, 4.69) is 10.6 Å². The maximum atomic E-state index is 12.1. The average molecular weight is 296 g/mol. The largest absolute Gasteiger partial charge is 0.481 e. The predicted molar refractivity (Wildman–Crippen MR) is 77.7 cm³/mol. The second-order valence-electron chi connectivity index (χ2n) is 5.15. The fraction of sp³-hybridized carbons (Fsp3) is 0.571.